The van der Waals surface area contributed by atoms with Gasteiger partial charge in [-0.1, -0.05) is 26.3 Å². The molecule has 146 valence electrons. The number of aliphatic hydroxyl groups excluding tert-OH is 1. The second-order valence-electron chi connectivity index (χ2n) is 6.92. The molecule has 0 aromatic carbocycles. The number of nitrogens with zero attached hydrogens (tertiary/aromatic N) is 3. The van der Waals surface area contributed by atoms with E-state index < -0.39 is 11.7 Å². The van der Waals surface area contributed by atoms with Crippen LogP contribution in [-0.4, -0.2) is 43.3 Å². The van der Waals surface area contributed by atoms with Crippen molar-refractivity contribution < 1.29 is 14.6 Å². The normalized spacial score (nSPS) is 22.4. The summed E-state index contributed by atoms with van der Waals surface area (Å²) in [5.41, 5.74) is 6.45. The molecular weight excluding hydrogens is 350 g/mol. The molecule has 1 aliphatic rings. The van der Waals surface area contributed by atoms with Crippen LogP contribution in [0.15, 0.2) is 23.3 Å². The molecule has 0 amide bonds. The molecule has 3 atom stereocenters. The average Bonchev–Trinajstić information content (AvgIpc) is 3.14. The summed E-state index contributed by atoms with van der Waals surface area (Å²) in [5, 5.41) is 10.4. The third-order valence-corrected chi connectivity index (χ3v) is 5.03. The van der Waals surface area contributed by atoms with Gasteiger partial charge in [-0.15, -0.1) is 0 Å². The molecule has 9 heteroatoms. The number of aromatic nitrogens is 4. The van der Waals surface area contributed by atoms with Crippen LogP contribution in [0.3, 0.4) is 0 Å². The lowest BCUT2D eigenvalue weighted by atomic mass is 10.0. The van der Waals surface area contributed by atoms with Crippen molar-refractivity contribution in [3.63, 3.8) is 0 Å². The van der Waals surface area contributed by atoms with E-state index in [0.29, 0.717) is 24.1 Å². The van der Waals surface area contributed by atoms with E-state index in [2.05, 4.69) is 28.5 Å². The molecule has 2 heterocycles. The van der Waals surface area contributed by atoms with Crippen molar-refractivity contribution in [3.8, 4) is 0 Å². The van der Waals surface area contributed by atoms with Crippen molar-refractivity contribution in [2.45, 2.75) is 51.2 Å². The van der Waals surface area contributed by atoms with Crippen molar-refractivity contribution in [2.75, 3.05) is 12.3 Å². The van der Waals surface area contributed by atoms with E-state index in [9.17, 15) is 14.7 Å². The van der Waals surface area contributed by atoms with Gasteiger partial charge in [0.15, 0.2) is 11.2 Å². The van der Waals surface area contributed by atoms with Crippen LogP contribution in [0, 0.1) is 5.92 Å². The lowest BCUT2D eigenvalue weighted by Crippen LogP contribution is -2.22. The van der Waals surface area contributed by atoms with Gasteiger partial charge in [-0.05, 0) is 18.4 Å². The Morgan fingerprint density at radius 1 is 1.52 bits per heavy atom. The topological polar surface area (TPSA) is 136 Å². The summed E-state index contributed by atoms with van der Waals surface area (Å²) in [7, 11) is 0. The summed E-state index contributed by atoms with van der Waals surface area (Å²) < 4.78 is 7.02. The highest BCUT2D eigenvalue weighted by Gasteiger charge is 2.39. The smallest absolute Gasteiger partial charge is 0.305 e. The number of hydrogen-bond donors (Lipinski definition) is 3. The lowest BCUT2D eigenvalue weighted by Gasteiger charge is -2.17. The predicted molar refractivity (Wildman–Crippen MR) is 100.0 cm³/mol. The standard InChI is InChI=1S/C18H25N5O4/c1-3-4-5-6-14(25)27-8-11-10(2)12(7-13(11)24)23-9-20-15-16(23)21-18(19)22-17(15)26/h9,11-13,24H,2-8H2,1H3,(H3,19,21,22,26)/t11-,12-,13-/m0/s1. The van der Waals surface area contributed by atoms with Crippen LogP contribution in [0.2, 0.25) is 0 Å². The van der Waals surface area contributed by atoms with Gasteiger partial charge < -0.3 is 20.1 Å². The molecule has 1 fully saturated rings. The SMILES string of the molecule is C=C1[C@H](COC(=O)CCCCC)[C@@H](O)C[C@@H]1n1cnc2c(=O)[nH]c(N)nc21. The Bertz CT molecular complexity index is 903. The molecule has 0 saturated heterocycles. The highest BCUT2D eigenvalue weighted by Crippen LogP contribution is 2.40. The van der Waals surface area contributed by atoms with Crippen LogP contribution in [0.5, 0.6) is 0 Å². The zero-order chi connectivity index (χ0) is 19.6. The number of nitrogens with two attached hydrogens (primary N) is 1. The van der Waals surface area contributed by atoms with Crippen molar-refractivity contribution in [2.24, 2.45) is 5.92 Å². The molecule has 4 N–H and O–H groups in total. The molecule has 2 aromatic rings. The first-order chi connectivity index (χ1) is 12.9. The maximum absolute atomic E-state index is 11.9. The molecule has 0 spiro atoms. The number of H-pyrrole nitrogens is 1. The Balaban J connectivity index is 1.72. The van der Waals surface area contributed by atoms with E-state index >= 15 is 0 Å². The van der Waals surface area contributed by atoms with Gasteiger partial charge in [0.1, 0.15) is 6.61 Å². The molecule has 0 bridgehead atoms. The van der Waals surface area contributed by atoms with Crippen LogP contribution < -0.4 is 11.3 Å². The first-order valence-electron chi connectivity index (χ1n) is 9.17. The number of ether oxygens (including phenoxy) is 1. The van der Waals surface area contributed by atoms with Crippen molar-refractivity contribution in [1.29, 1.82) is 0 Å². The third-order valence-electron chi connectivity index (χ3n) is 5.03. The Labute approximate surface area is 156 Å². The summed E-state index contributed by atoms with van der Waals surface area (Å²) in [5.74, 6) is -0.640. The number of carbonyl (C=O) groups excluding carboxylic acids is 1. The Morgan fingerprint density at radius 3 is 3.04 bits per heavy atom. The van der Waals surface area contributed by atoms with E-state index in [1.165, 1.54) is 6.33 Å². The average molecular weight is 375 g/mol. The van der Waals surface area contributed by atoms with Gasteiger partial charge in [0, 0.05) is 12.3 Å². The monoisotopic (exact) mass is 375 g/mol. The number of imidazole rings is 1. The molecule has 2 aromatic heterocycles. The largest absolute Gasteiger partial charge is 0.465 e. The molecule has 27 heavy (non-hydrogen) atoms. The van der Waals surface area contributed by atoms with Gasteiger partial charge in [0.05, 0.1) is 18.5 Å². The maximum atomic E-state index is 11.9. The maximum Gasteiger partial charge on any atom is 0.305 e. The van der Waals surface area contributed by atoms with Crippen molar-refractivity contribution in [1.82, 2.24) is 19.5 Å². The van der Waals surface area contributed by atoms with E-state index in [0.717, 1.165) is 19.3 Å². The van der Waals surface area contributed by atoms with Crippen LogP contribution in [0.4, 0.5) is 5.95 Å². The second kappa shape index (κ2) is 7.91. The predicted octanol–water partition coefficient (Wildman–Crippen LogP) is 1.30. The second-order valence-corrected chi connectivity index (χ2v) is 6.92. The molecule has 1 saturated carbocycles. The summed E-state index contributed by atoms with van der Waals surface area (Å²) in [6, 6.07) is -0.303. The number of fused-ring (bicyclic) bond motifs is 1. The lowest BCUT2D eigenvalue weighted by molar-refractivity contribution is -0.145. The number of rotatable bonds is 7. The molecule has 0 unspecified atom stereocenters. The van der Waals surface area contributed by atoms with E-state index in [1.54, 1.807) is 4.57 Å². The molecular formula is C18H25N5O4. The number of nitrogen functional groups attached to an aromatic ring is 1. The number of aliphatic hydroxyl groups is 1. The Morgan fingerprint density at radius 2 is 2.30 bits per heavy atom. The number of aromatic amines is 1. The number of anilines is 1. The quantitative estimate of drug-likeness (QED) is 0.377. The number of esters is 1. The van der Waals surface area contributed by atoms with Gasteiger partial charge in [-0.2, -0.15) is 4.98 Å². The zero-order valence-electron chi connectivity index (χ0n) is 15.4. The van der Waals surface area contributed by atoms with Crippen LogP contribution in [0.1, 0.15) is 45.1 Å². The molecule has 0 aliphatic heterocycles. The van der Waals surface area contributed by atoms with Crippen LogP contribution >= 0.6 is 0 Å². The summed E-state index contributed by atoms with van der Waals surface area (Å²) in [6.45, 7) is 6.24. The van der Waals surface area contributed by atoms with E-state index in [4.69, 9.17) is 10.5 Å². The minimum Gasteiger partial charge on any atom is -0.465 e. The first kappa shape index (κ1) is 19.1. The van der Waals surface area contributed by atoms with Gasteiger partial charge in [0.2, 0.25) is 5.95 Å². The van der Waals surface area contributed by atoms with Gasteiger partial charge in [0.25, 0.3) is 5.56 Å². The molecule has 0 radical (unpaired) electrons. The van der Waals surface area contributed by atoms with Gasteiger partial charge >= 0.3 is 5.97 Å². The minimum atomic E-state index is -0.706. The van der Waals surface area contributed by atoms with Crippen molar-refractivity contribution in [3.05, 3.63) is 28.8 Å². The van der Waals surface area contributed by atoms with Gasteiger partial charge in [-0.3, -0.25) is 14.6 Å². The highest BCUT2D eigenvalue weighted by atomic mass is 16.5. The van der Waals surface area contributed by atoms with E-state index in [-0.39, 0.29) is 36.0 Å². The number of hydrogen-bond acceptors (Lipinski definition) is 7. The number of carbonyl (C=O) groups is 1. The number of unbranched alkanes of at least 4 members (excludes halogenated alkanes) is 2. The molecule has 3 rings (SSSR count). The molecule has 1 aliphatic carbocycles. The van der Waals surface area contributed by atoms with Crippen LogP contribution in [0.25, 0.3) is 11.2 Å². The van der Waals surface area contributed by atoms with Gasteiger partial charge in [-0.25, -0.2) is 4.98 Å². The summed E-state index contributed by atoms with van der Waals surface area (Å²) >= 11 is 0. The van der Waals surface area contributed by atoms with Crippen molar-refractivity contribution >= 4 is 23.1 Å². The number of nitrogens with one attached hydrogen (secondary N) is 1. The fraction of sp³-hybridized carbons (Fsp3) is 0.556. The summed E-state index contributed by atoms with van der Waals surface area (Å²) in [6.07, 6.45) is 4.36. The Hall–Kier alpha value is -2.68. The highest BCUT2D eigenvalue weighted by molar-refractivity contribution is 5.71. The zero-order valence-corrected chi connectivity index (χ0v) is 15.4. The fourth-order valence-electron chi connectivity index (χ4n) is 3.49. The summed E-state index contributed by atoms with van der Waals surface area (Å²) in [4.78, 5) is 34.4. The fourth-order valence-corrected chi connectivity index (χ4v) is 3.49. The third kappa shape index (κ3) is 3.87. The molecule has 9 nitrogen and oxygen atoms in total. The van der Waals surface area contributed by atoms with Crippen LogP contribution in [-0.2, 0) is 9.53 Å². The van der Waals surface area contributed by atoms with E-state index in [1.807, 2.05) is 0 Å². The minimum absolute atomic E-state index is 0.00373. The Kier molecular flexibility index (Phi) is 5.59. The first-order valence-corrected chi connectivity index (χ1v) is 9.17.